The van der Waals surface area contributed by atoms with E-state index in [0.29, 0.717) is 6.42 Å². The highest BCUT2D eigenvalue weighted by atomic mass is 79.9. The van der Waals surface area contributed by atoms with Gasteiger partial charge in [-0.25, -0.2) is 4.98 Å². The molecular weight excluding hydrogens is 334 g/mol. The highest BCUT2D eigenvalue weighted by molar-refractivity contribution is 9.10. The van der Waals surface area contributed by atoms with Crippen molar-refractivity contribution >= 4 is 38.2 Å². The summed E-state index contributed by atoms with van der Waals surface area (Å²) in [6.45, 7) is 0. The Balaban J connectivity index is 1.83. The van der Waals surface area contributed by atoms with Crippen molar-refractivity contribution in [2.45, 2.75) is 18.9 Å². The third-order valence-corrected chi connectivity index (χ3v) is 4.84. The lowest BCUT2D eigenvalue weighted by Gasteiger charge is -2.12. The minimum absolute atomic E-state index is 0.545. The number of aryl methyl sites for hydroxylation is 1. The van der Waals surface area contributed by atoms with E-state index in [4.69, 9.17) is 0 Å². The van der Waals surface area contributed by atoms with Gasteiger partial charge in [-0.05, 0) is 52.4 Å². The Morgan fingerprint density at radius 3 is 2.85 bits per heavy atom. The van der Waals surface area contributed by atoms with Crippen molar-refractivity contribution < 1.29 is 5.11 Å². The zero-order chi connectivity index (χ0) is 13.9. The van der Waals surface area contributed by atoms with E-state index in [1.54, 1.807) is 11.3 Å². The van der Waals surface area contributed by atoms with Gasteiger partial charge in [-0.15, -0.1) is 11.3 Å². The molecule has 0 fully saturated rings. The van der Waals surface area contributed by atoms with E-state index in [0.717, 1.165) is 27.5 Å². The van der Waals surface area contributed by atoms with Crippen LogP contribution in [0.1, 0.15) is 23.1 Å². The minimum atomic E-state index is -0.545. The highest BCUT2D eigenvalue weighted by Crippen LogP contribution is 2.28. The lowest BCUT2D eigenvalue weighted by molar-refractivity contribution is 0.163. The van der Waals surface area contributed by atoms with Gasteiger partial charge in [0.1, 0.15) is 0 Å². The number of hydrogen-bond acceptors (Lipinski definition) is 3. The lowest BCUT2D eigenvalue weighted by Crippen LogP contribution is -2.03. The first-order valence-electron chi connectivity index (χ1n) is 6.49. The van der Waals surface area contributed by atoms with Gasteiger partial charge in [-0.1, -0.05) is 24.3 Å². The summed E-state index contributed by atoms with van der Waals surface area (Å²) < 4.78 is 0.870. The monoisotopic (exact) mass is 347 g/mol. The predicted molar refractivity (Wildman–Crippen MR) is 87.0 cm³/mol. The molecule has 0 spiro atoms. The molecule has 0 amide bonds. The maximum atomic E-state index is 10.4. The van der Waals surface area contributed by atoms with Crippen molar-refractivity contribution in [1.82, 2.24) is 4.98 Å². The Bertz CT molecular complexity index is 712. The summed E-state index contributed by atoms with van der Waals surface area (Å²) in [5, 5.41) is 13.5. The number of rotatable bonds is 4. The predicted octanol–water partition coefficient (Wildman–Crippen LogP) is 4.73. The Hall–Kier alpha value is -1.23. The molecule has 2 aromatic heterocycles. The molecule has 0 bridgehead atoms. The number of halogens is 1. The number of aromatic nitrogens is 1. The van der Waals surface area contributed by atoms with Crippen LogP contribution in [-0.2, 0) is 6.42 Å². The van der Waals surface area contributed by atoms with Crippen molar-refractivity contribution in [3.63, 3.8) is 0 Å². The molecule has 0 saturated carbocycles. The van der Waals surface area contributed by atoms with Crippen molar-refractivity contribution in [3.8, 4) is 0 Å². The number of aliphatic hydroxyl groups is 1. The third kappa shape index (κ3) is 2.92. The fourth-order valence-electron chi connectivity index (χ4n) is 2.21. The number of para-hydroxylation sites is 1. The Morgan fingerprint density at radius 1 is 1.20 bits per heavy atom. The van der Waals surface area contributed by atoms with Gasteiger partial charge in [0.2, 0.25) is 0 Å². The van der Waals surface area contributed by atoms with Gasteiger partial charge in [0.05, 0.1) is 17.3 Å². The van der Waals surface area contributed by atoms with E-state index in [1.165, 1.54) is 4.88 Å². The third-order valence-electron chi connectivity index (χ3n) is 3.26. The SMILES string of the molecule is OC(CCc1cccs1)c1nc2ccccc2cc1Br. The first kappa shape index (κ1) is 13.7. The quantitative estimate of drug-likeness (QED) is 0.740. The van der Waals surface area contributed by atoms with Crippen molar-refractivity contribution in [2.24, 2.45) is 0 Å². The van der Waals surface area contributed by atoms with Gasteiger partial charge in [0, 0.05) is 14.7 Å². The summed E-state index contributed by atoms with van der Waals surface area (Å²) >= 11 is 5.24. The molecule has 0 aliphatic carbocycles. The van der Waals surface area contributed by atoms with Crippen LogP contribution < -0.4 is 0 Å². The maximum absolute atomic E-state index is 10.4. The Kier molecular flexibility index (Phi) is 4.15. The van der Waals surface area contributed by atoms with Crippen molar-refractivity contribution in [3.05, 3.63) is 62.9 Å². The van der Waals surface area contributed by atoms with Crippen LogP contribution >= 0.6 is 27.3 Å². The van der Waals surface area contributed by atoms with E-state index in [9.17, 15) is 5.11 Å². The topological polar surface area (TPSA) is 33.1 Å². The molecule has 2 nitrogen and oxygen atoms in total. The largest absolute Gasteiger partial charge is 0.387 e. The zero-order valence-corrected chi connectivity index (χ0v) is 13.2. The molecule has 102 valence electrons. The van der Waals surface area contributed by atoms with Crippen LogP contribution in [0.15, 0.2) is 52.3 Å². The number of benzene rings is 1. The molecule has 0 aliphatic heterocycles. The van der Waals surface area contributed by atoms with Crippen molar-refractivity contribution in [1.29, 1.82) is 0 Å². The molecule has 0 saturated heterocycles. The van der Waals surface area contributed by atoms with Crippen LogP contribution in [0.5, 0.6) is 0 Å². The Morgan fingerprint density at radius 2 is 2.05 bits per heavy atom. The zero-order valence-electron chi connectivity index (χ0n) is 10.8. The molecule has 20 heavy (non-hydrogen) atoms. The number of pyridine rings is 1. The molecule has 1 aromatic carbocycles. The normalized spacial score (nSPS) is 12.7. The first-order valence-corrected chi connectivity index (χ1v) is 8.17. The van der Waals surface area contributed by atoms with Gasteiger partial charge in [0.25, 0.3) is 0 Å². The Labute approximate surface area is 130 Å². The van der Waals surface area contributed by atoms with Gasteiger partial charge < -0.3 is 5.11 Å². The number of nitrogens with zero attached hydrogens (tertiary/aromatic N) is 1. The second kappa shape index (κ2) is 6.04. The fourth-order valence-corrected chi connectivity index (χ4v) is 3.53. The number of aliphatic hydroxyl groups excluding tert-OH is 1. The van der Waals surface area contributed by atoms with E-state index >= 15 is 0 Å². The van der Waals surface area contributed by atoms with Crippen LogP contribution in [0, 0.1) is 0 Å². The first-order chi connectivity index (χ1) is 9.74. The summed E-state index contributed by atoms with van der Waals surface area (Å²) in [5.41, 5.74) is 1.64. The second-order valence-electron chi connectivity index (χ2n) is 4.68. The standard InChI is InChI=1S/C16H14BrNOS/c17-13-10-11-4-1-2-6-14(11)18-16(13)15(19)8-7-12-5-3-9-20-12/h1-6,9-10,15,19H,7-8H2. The molecule has 3 aromatic rings. The molecular formula is C16H14BrNOS. The van der Waals surface area contributed by atoms with Crippen LogP contribution in [-0.4, -0.2) is 10.1 Å². The van der Waals surface area contributed by atoms with E-state index < -0.39 is 6.10 Å². The molecule has 0 radical (unpaired) electrons. The van der Waals surface area contributed by atoms with Gasteiger partial charge in [-0.3, -0.25) is 0 Å². The van der Waals surface area contributed by atoms with Gasteiger partial charge in [-0.2, -0.15) is 0 Å². The summed E-state index contributed by atoms with van der Waals surface area (Å²) in [5.74, 6) is 0. The smallest absolute Gasteiger partial charge is 0.0975 e. The summed E-state index contributed by atoms with van der Waals surface area (Å²) in [6, 6.07) is 14.1. The van der Waals surface area contributed by atoms with Crippen LogP contribution in [0.3, 0.4) is 0 Å². The van der Waals surface area contributed by atoms with E-state index in [-0.39, 0.29) is 0 Å². The van der Waals surface area contributed by atoms with Gasteiger partial charge >= 0.3 is 0 Å². The highest BCUT2D eigenvalue weighted by Gasteiger charge is 2.14. The summed E-state index contributed by atoms with van der Waals surface area (Å²) in [7, 11) is 0. The fraction of sp³-hybridized carbons (Fsp3) is 0.188. The summed E-state index contributed by atoms with van der Waals surface area (Å²) in [6.07, 6.45) is 1.01. The lowest BCUT2D eigenvalue weighted by atomic mass is 10.1. The molecule has 3 rings (SSSR count). The van der Waals surface area contributed by atoms with Crippen LogP contribution in [0.2, 0.25) is 0 Å². The number of thiophene rings is 1. The van der Waals surface area contributed by atoms with Crippen LogP contribution in [0.4, 0.5) is 0 Å². The minimum Gasteiger partial charge on any atom is -0.387 e. The number of fused-ring (bicyclic) bond motifs is 1. The maximum Gasteiger partial charge on any atom is 0.0975 e. The van der Waals surface area contributed by atoms with E-state index in [2.05, 4.69) is 32.4 Å². The molecule has 1 N–H and O–H groups in total. The second-order valence-corrected chi connectivity index (χ2v) is 6.57. The van der Waals surface area contributed by atoms with Gasteiger partial charge in [0.15, 0.2) is 0 Å². The molecule has 2 heterocycles. The molecule has 0 aliphatic rings. The molecule has 1 unspecified atom stereocenters. The van der Waals surface area contributed by atoms with E-state index in [1.807, 2.05) is 36.4 Å². The number of hydrogen-bond donors (Lipinski definition) is 1. The average Bonchev–Trinajstić information content (AvgIpc) is 2.97. The van der Waals surface area contributed by atoms with Crippen molar-refractivity contribution in [2.75, 3.05) is 0 Å². The molecule has 4 heteroatoms. The van der Waals surface area contributed by atoms with Crippen LogP contribution in [0.25, 0.3) is 10.9 Å². The molecule has 1 atom stereocenters. The average molecular weight is 348 g/mol. The summed E-state index contributed by atoms with van der Waals surface area (Å²) in [4.78, 5) is 5.87.